The number of benzene rings is 2. The fraction of sp³-hybridized carbons (Fsp3) is 0.158. The van der Waals surface area contributed by atoms with Crippen molar-refractivity contribution in [2.24, 2.45) is 0 Å². The summed E-state index contributed by atoms with van der Waals surface area (Å²) in [6.45, 7) is 0. The highest BCUT2D eigenvalue weighted by Gasteiger charge is 2.51. The quantitative estimate of drug-likeness (QED) is 0.747. The second kappa shape index (κ2) is 7.40. The average molecular weight is 413 g/mol. The van der Waals surface area contributed by atoms with Gasteiger partial charge in [0.05, 0.1) is 18.0 Å². The molecule has 0 amide bonds. The summed E-state index contributed by atoms with van der Waals surface area (Å²) in [6, 6.07) is 9.60. The molecule has 0 saturated heterocycles. The van der Waals surface area contributed by atoms with Crippen LogP contribution >= 0.6 is 0 Å². The Kier molecular flexibility index (Phi) is 5.31. The van der Waals surface area contributed by atoms with Gasteiger partial charge in [0, 0.05) is 0 Å². The van der Waals surface area contributed by atoms with Gasteiger partial charge in [-0.15, -0.1) is 0 Å². The average Bonchev–Trinajstić information content (AvgIpc) is 2.71. The molecule has 0 aromatic heterocycles. The molecule has 0 fully saturated rings. The van der Waals surface area contributed by atoms with E-state index in [0.29, 0.717) is 11.8 Å². The zero-order valence-electron chi connectivity index (χ0n) is 14.5. The fourth-order valence-corrected chi connectivity index (χ4v) is 4.04. The molecule has 0 spiro atoms. The number of allylic oxidation sites excluding steroid dienone is 2. The molecule has 1 N–H and O–H groups in total. The summed E-state index contributed by atoms with van der Waals surface area (Å²) in [5, 5.41) is 0. The van der Waals surface area contributed by atoms with Gasteiger partial charge in [-0.05, 0) is 35.9 Å². The van der Waals surface area contributed by atoms with Crippen molar-refractivity contribution < 1.29 is 30.7 Å². The van der Waals surface area contributed by atoms with Gasteiger partial charge in [-0.25, -0.2) is 30.7 Å². The Labute approximate surface area is 159 Å². The number of rotatable bonds is 5. The Bertz CT molecular complexity index is 1040. The molecule has 2 aromatic carbocycles. The Morgan fingerprint density at radius 3 is 2.18 bits per heavy atom. The normalized spacial score (nSPS) is 22.8. The predicted octanol–water partition coefficient (Wildman–Crippen LogP) is 4.22. The lowest BCUT2D eigenvalue weighted by Gasteiger charge is -2.34. The predicted molar refractivity (Wildman–Crippen MR) is 94.8 cm³/mol. The summed E-state index contributed by atoms with van der Waals surface area (Å²) in [5.41, 5.74) is -3.71. The number of hydrogen-bond donors (Lipinski definition) is 1. The van der Waals surface area contributed by atoms with Gasteiger partial charge in [0.2, 0.25) is 15.7 Å². The molecule has 0 radical (unpaired) electrons. The molecule has 1 aliphatic rings. The van der Waals surface area contributed by atoms with Gasteiger partial charge in [0.25, 0.3) is 0 Å². The third-order valence-electron chi connectivity index (χ3n) is 4.31. The maximum absolute atomic E-state index is 15.8. The summed E-state index contributed by atoms with van der Waals surface area (Å²) < 4.78 is 89.9. The molecule has 28 heavy (non-hydrogen) atoms. The van der Waals surface area contributed by atoms with Crippen molar-refractivity contribution in [3.05, 3.63) is 83.7 Å². The molecule has 2 aromatic rings. The summed E-state index contributed by atoms with van der Waals surface area (Å²) >= 11 is 0. The Morgan fingerprint density at radius 2 is 1.61 bits per heavy atom. The van der Waals surface area contributed by atoms with Crippen LogP contribution in [0.5, 0.6) is 5.75 Å². The van der Waals surface area contributed by atoms with Crippen molar-refractivity contribution >= 4 is 10.0 Å². The van der Waals surface area contributed by atoms with Gasteiger partial charge in [-0.1, -0.05) is 30.3 Å². The standard InChI is InChI=1S/C19H15F4NO3S/c1-27-13-9-7-12(8-10-13)19(23)16(11-15(20)17(21)18(19)22)24-28(25,26)14-5-3-2-4-6-14/h2-11,16,24H,1H3. The highest BCUT2D eigenvalue weighted by Crippen LogP contribution is 2.46. The highest BCUT2D eigenvalue weighted by molar-refractivity contribution is 7.89. The van der Waals surface area contributed by atoms with E-state index in [1.54, 1.807) is 6.07 Å². The second-order valence-electron chi connectivity index (χ2n) is 5.99. The van der Waals surface area contributed by atoms with Crippen LogP contribution in [0.1, 0.15) is 5.56 Å². The molecule has 4 nitrogen and oxygen atoms in total. The van der Waals surface area contributed by atoms with E-state index in [-0.39, 0.29) is 4.90 Å². The summed E-state index contributed by atoms with van der Waals surface area (Å²) in [7, 11) is -3.00. The first-order chi connectivity index (χ1) is 13.2. The van der Waals surface area contributed by atoms with Crippen molar-refractivity contribution in [1.29, 1.82) is 0 Å². The van der Waals surface area contributed by atoms with Crippen molar-refractivity contribution in [2.45, 2.75) is 16.6 Å². The lowest BCUT2D eigenvalue weighted by Crippen LogP contribution is -2.49. The molecular weight excluding hydrogens is 398 g/mol. The maximum Gasteiger partial charge on any atom is 0.241 e. The first kappa shape index (κ1) is 20.1. The first-order valence-corrected chi connectivity index (χ1v) is 9.52. The minimum absolute atomic E-state index is 0.240. The van der Waals surface area contributed by atoms with Crippen LogP contribution < -0.4 is 9.46 Å². The topological polar surface area (TPSA) is 55.4 Å². The van der Waals surface area contributed by atoms with Gasteiger partial charge < -0.3 is 4.74 Å². The molecule has 0 bridgehead atoms. The molecule has 3 rings (SSSR count). The van der Waals surface area contributed by atoms with E-state index in [1.807, 2.05) is 4.72 Å². The van der Waals surface area contributed by atoms with E-state index in [0.717, 1.165) is 12.1 Å². The zero-order valence-corrected chi connectivity index (χ0v) is 15.3. The van der Waals surface area contributed by atoms with Crippen LogP contribution in [0.2, 0.25) is 0 Å². The van der Waals surface area contributed by atoms with Crippen LogP contribution in [0.25, 0.3) is 0 Å². The number of nitrogens with one attached hydrogen (secondary N) is 1. The Morgan fingerprint density at radius 1 is 1.00 bits per heavy atom. The minimum Gasteiger partial charge on any atom is -0.497 e. The van der Waals surface area contributed by atoms with Gasteiger partial charge in [-0.3, -0.25) is 0 Å². The van der Waals surface area contributed by atoms with E-state index in [9.17, 15) is 21.6 Å². The molecular formula is C19H15F4NO3S. The van der Waals surface area contributed by atoms with Gasteiger partial charge >= 0.3 is 0 Å². The van der Waals surface area contributed by atoms with E-state index in [4.69, 9.17) is 4.74 Å². The Balaban J connectivity index is 2.09. The molecule has 2 atom stereocenters. The van der Waals surface area contributed by atoms with E-state index in [2.05, 4.69) is 0 Å². The van der Waals surface area contributed by atoms with Crippen LogP contribution in [0, 0.1) is 0 Å². The van der Waals surface area contributed by atoms with Gasteiger partial charge in [-0.2, -0.15) is 0 Å². The molecule has 0 aliphatic heterocycles. The van der Waals surface area contributed by atoms with Crippen LogP contribution in [-0.2, 0) is 15.7 Å². The summed E-state index contributed by atoms with van der Waals surface area (Å²) in [4.78, 5) is -0.240. The first-order valence-electron chi connectivity index (χ1n) is 8.04. The van der Waals surface area contributed by atoms with Gasteiger partial charge in [0.1, 0.15) is 5.75 Å². The smallest absolute Gasteiger partial charge is 0.241 e. The number of hydrogen-bond acceptors (Lipinski definition) is 3. The number of halogens is 4. The third-order valence-corrected chi connectivity index (χ3v) is 5.77. The lowest BCUT2D eigenvalue weighted by molar-refractivity contribution is 0.135. The monoisotopic (exact) mass is 413 g/mol. The maximum atomic E-state index is 15.8. The molecule has 0 saturated carbocycles. The van der Waals surface area contributed by atoms with Crippen molar-refractivity contribution in [2.75, 3.05) is 7.11 Å². The number of sulfonamides is 1. The largest absolute Gasteiger partial charge is 0.497 e. The van der Waals surface area contributed by atoms with E-state index < -0.39 is 44.8 Å². The number of methoxy groups -OCH3 is 1. The minimum atomic E-state index is -4.35. The number of ether oxygens (including phenoxy) is 1. The van der Waals surface area contributed by atoms with E-state index >= 15 is 4.39 Å². The fourth-order valence-electron chi connectivity index (χ4n) is 2.83. The lowest BCUT2D eigenvalue weighted by atomic mass is 9.83. The van der Waals surface area contributed by atoms with Crippen LogP contribution in [0.15, 0.2) is 83.0 Å². The molecule has 148 valence electrons. The van der Waals surface area contributed by atoms with Crippen LogP contribution in [-0.4, -0.2) is 21.6 Å². The number of alkyl halides is 1. The van der Waals surface area contributed by atoms with Crippen molar-refractivity contribution in [1.82, 2.24) is 4.72 Å². The van der Waals surface area contributed by atoms with Gasteiger partial charge in [0.15, 0.2) is 17.5 Å². The second-order valence-corrected chi connectivity index (χ2v) is 7.71. The molecule has 2 unspecified atom stereocenters. The summed E-state index contributed by atoms with van der Waals surface area (Å²) in [5.74, 6) is -5.46. The SMILES string of the molecule is COc1ccc(C2(F)C(F)=C(F)C(F)=CC2NS(=O)(=O)c2ccccc2)cc1. The third kappa shape index (κ3) is 3.43. The summed E-state index contributed by atoms with van der Waals surface area (Å²) in [6.07, 6.45) is 0.364. The van der Waals surface area contributed by atoms with Crippen LogP contribution in [0.4, 0.5) is 17.6 Å². The molecule has 0 heterocycles. The highest BCUT2D eigenvalue weighted by atomic mass is 32.2. The Hall–Kier alpha value is -2.65. The molecule has 9 heteroatoms. The van der Waals surface area contributed by atoms with Crippen molar-refractivity contribution in [3.8, 4) is 5.75 Å². The molecule has 1 aliphatic carbocycles. The van der Waals surface area contributed by atoms with Crippen molar-refractivity contribution in [3.63, 3.8) is 0 Å². The van der Waals surface area contributed by atoms with Crippen LogP contribution in [0.3, 0.4) is 0 Å². The zero-order chi connectivity index (χ0) is 20.5. The van der Waals surface area contributed by atoms with E-state index in [1.165, 1.54) is 43.5 Å².